The van der Waals surface area contributed by atoms with Crippen LogP contribution >= 0.6 is 11.3 Å². The summed E-state index contributed by atoms with van der Waals surface area (Å²) < 4.78 is 0. The van der Waals surface area contributed by atoms with Gasteiger partial charge in [-0.1, -0.05) is 19.0 Å². The number of carbonyl (C=O) groups is 1. The van der Waals surface area contributed by atoms with Crippen LogP contribution < -0.4 is 11.1 Å². The van der Waals surface area contributed by atoms with E-state index in [9.17, 15) is 4.79 Å². The smallest absolute Gasteiger partial charge is 0.231 e. The second kappa shape index (κ2) is 6.34. The first-order valence-corrected chi connectivity index (χ1v) is 6.43. The van der Waals surface area contributed by atoms with Crippen molar-refractivity contribution in [3.63, 3.8) is 0 Å². The van der Waals surface area contributed by atoms with Crippen molar-refractivity contribution >= 4 is 23.1 Å². The Hall–Kier alpha value is -1.63. The summed E-state index contributed by atoms with van der Waals surface area (Å²) in [5.74, 6) is -0.999. The number of amides is 1. The zero-order valence-corrected chi connectivity index (χ0v) is 11.5. The summed E-state index contributed by atoms with van der Waals surface area (Å²) in [4.78, 5) is 17.2. The summed E-state index contributed by atoms with van der Waals surface area (Å²) in [5, 5.41) is 15.2. The number of aryl methyl sites for hydroxylation is 1. The number of hydrogen-bond donors (Lipinski definition) is 3. The quantitative estimate of drug-likeness (QED) is 0.322. The zero-order valence-electron chi connectivity index (χ0n) is 10.7. The van der Waals surface area contributed by atoms with Gasteiger partial charge < -0.3 is 16.3 Å². The van der Waals surface area contributed by atoms with Crippen LogP contribution in [0.25, 0.3) is 0 Å². The SMILES string of the molecule is Cc1cnc(CNC(=O)C(/C(N)=N/O)C(C)C)s1. The van der Waals surface area contributed by atoms with Gasteiger partial charge in [-0.25, -0.2) is 4.98 Å². The van der Waals surface area contributed by atoms with Crippen molar-refractivity contribution in [1.82, 2.24) is 10.3 Å². The Kier molecular flexibility index (Phi) is 5.08. The molecule has 1 aromatic heterocycles. The maximum Gasteiger partial charge on any atom is 0.231 e. The number of nitrogens with two attached hydrogens (primary N) is 1. The zero-order chi connectivity index (χ0) is 13.7. The summed E-state index contributed by atoms with van der Waals surface area (Å²) in [5.41, 5.74) is 5.52. The number of nitrogens with one attached hydrogen (secondary N) is 1. The van der Waals surface area contributed by atoms with Gasteiger partial charge in [0.25, 0.3) is 0 Å². The Balaban J connectivity index is 2.62. The van der Waals surface area contributed by atoms with E-state index in [1.165, 1.54) is 11.3 Å². The first-order chi connectivity index (χ1) is 8.45. The highest BCUT2D eigenvalue weighted by Crippen LogP contribution is 2.13. The second-order valence-electron chi connectivity index (χ2n) is 4.33. The Morgan fingerprint density at radius 3 is 2.78 bits per heavy atom. The minimum Gasteiger partial charge on any atom is -0.409 e. The molecular formula is C11H18N4O2S. The third-order valence-corrected chi connectivity index (χ3v) is 3.38. The van der Waals surface area contributed by atoms with Gasteiger partial charge in [0.05, 0.1) is 6.54 Å². The lowest BCUT2D eigenvalue weighted by Gasteiger charge is -2.18. The number of carbonyl (C=O) groups excluding carboxylic acids is 1. The highest BCUT2D eigenvalue weighted by Gasteiger charge is 2.26. The Bertz CT molecular complexity index is 442. The van der Waals surface area contributed by atoms with Gasteiger partial charge in [0, 0.05) is 11.1 Å². The van der Waals surface area contributed by atoms with Gasteiger partial charge in [-0.05, 0) is 12.8 Å². The molecule has 0 aliphatic rings. The highest BCUT2D eigenvalue weighted by atomic mass is 32.1. The molecule has 6 nitrogen and oxygen atoms in total. The molecule has 0 aliphatic heterocycles. The first kappa shape index (κ1) is 14.4. The van der Waals surface area contributed by atoms with Crippen molar-refractivity contribution in [2.45, 2.75) is 27.3 Å². The summed E-state index contributed by atoms with van der Waals surface area (Å²) in [6.07, 6.45) is 1.76. The Morgan fingerprint density at radius 1 is 1.67 bits per heavy atom. The van der Waals surface area contributed by atoms with Crippen molar-refractivity contribution in [3.8, 4) is 0 Å². The average Bonchev–Trinajstić information content (AvgIpc) is 2.72. The summed E-state index contributed by atoms with van der Waals surface area (Å²) in [6.45, 7) is 6.00. The van der Waals surface area contributed by atoms with Gasteiger partial charge in [0.1, 0.15) is 10.9 Å². The van der Waals surface area contributed by atoms with E-state index in [0.29, 0.717) is 6.54 Å². The normalized spacial score (nSPS) is 13.7. The predicted octanol–water partition coefficient (Wildman–Crippen LogP) is 1.09. The van der Waals surface area contributed by atoms with Gasteiger partial charge in [0.2, 0.25) is 5.91 Å². The fraction of sp³-hybridized carbons (Fsp3) is 0.545. The van der Waals surface area contributed by atoms with Crippen molar-refractivity contribution in [2.75, 3.05) is 0 Å². The van der Waals surface area contributed by atoms with Crippen LogP contribution in [0.4, 0.5) is 0 Å². The van der Waals surface area contributed by atoms with Gasteiger partial charge in [-0.15, -0.1) is 11.3 Å². The van der Waals surface area contributed by atoms with Crippen LogP contribution in [-0.4, -0.2) is 21.9 Å². The van der Waals surface area contributed by atoms with E-state index < -0.39 is 5.92 Å². The van der Waals surface area contributed by atoms with Gasteiger partial charge in [-0.3, -0.25) is 4.79 Å². The minimum atomic E-state index is -0.629. The van der Waals surface area contributed by atoms with Crippen LogP contribution in [0.1, 0.15) is 23.7 Å². The lowest BCUT2D eigenvalue weighted by Crippen LogP contribution is -2.41. The fourth-order valence-corrected chi connectivity index (χ4v) is 2.32. The van der Waals surface area contributed by atoms with Crippen molar-refractivity contribution in [1.29, 1.82) is 0 Å². The molecule has 0 saturated carbocycles. The van der Waals surface area contributed by atoms with Crippen LogP contribution in [0.2, 0.25) is 0 Å². The van der Waals surface area contributed by atoms with Crippen LogP contribution in [0.5, 0.6) is 0 Å². The number of rotatable bonds is 5. The fourth-order valence-electron chi connectivity index (χ4n) is 1.60. The molecule has 4 N–H and O–H groups in total. The number of oxime groups is 1. The summed E-state index contributed by atoms with van der Waals surface area (Å²) in [7, 11) is 0. The predicted molar refractivity (Wildman–Crippen MR) is 70.4 cm³/mol. The first-order valence-electron chi connectivity index (χ1n) is 5.62. The highest BCUT2D eigenvalue weighted by molar-refractivity contribution is 7.11. The standard InChI is InChI=1S/C11H18N4O2S/c1-6(2)9(10(12)15-17)11(16)14-5-8-13-4-7(3)18-8/h4,6,9,17H,5H2,1-3H3,(H2,12,15)(H,14,16). The molecule has 0 bridgehead atoms. The van der Waals surface area contributed by atoms with E-state index in [2.05, 4.69) is 15.5 Å². The molecule has 0 saturated heterocycles. The van der Waals surface area contributed by atoms with Crippen molar-refractivity contribution < 1.29 is 10.0 Å². The third-order valence-electron chi connectivity index (χ3n) is 2.47. The van der Waals surface area contributed by atoms with E-state index >= 15 is 0 Å². The topological polar surface area (TPSA) is 101 Å². The minimum absolute atomic E-state index is 0.0427. The molecule has 1 unspecified atom stereocenters. The molecular weight excluding hydrogens is 252 g/mol. The van der Waals surface area contributed by atoms with Gasteiger partial charge in [0.15, 0.2) is 5.84 Å². The van der Waals surface area contributed by atoms with E-state index in [1.54, 1.807) is 6.20 Å². The second-order valence-corrected chi connectivity index (χ2v) is 5.65. The molecule has 1 heterocycles. The van der Waals surface area contributed by atoms with Crippen LogP contribution in [0, 0.1) is 18.8 Å². The van der Waals surface area contributed by atoms with Crippen molar-refractivity contribution in [2.24, 2.45) is 22.7 Å². The number of nitrogens with zero attached hydrogens (tertiary/aromatic N) is 2. The van der Waals surface area contributed by atoms with Gasteiger partial charge >= 0.3 is 0 Å². The molecule has 1 amide bonds. The monoisotopic (exact) mass is 270 g/mol. The molecule has 100 valence electrons. The van der Waals surface area contributed by atoms with Crippen molar-refractivity contribution in [3.05, 3.63) is 16.1 Å². The molecule has 0 aromatic carbocycles. The largest absolute Gasteiger partial charge is 0.409 e. The molecule has 1 atom stereocenters. The van der Waals surface area contributed by atoms with Crippen LogP contribution in [0.3, 0.4) is 0 Å². The molecule has 1 aromatic rings. The van der Waals surface area contributed by atoms with Crippen LogP contribution in [-0.2, 0) is 11.3 Å². The molecule has 7 heteroatoms. The molecule has 0 aliphatic carbocycles. The lowest BCUT2D eigenvalue weighted by molar-refractivity contribution is -0.124. The number of thiazole rings is 1. The van der Waals surface area contributed by atoms with Gasteiger partial charge in [-0.2, -0.15) is 0 Å². The average molecular weight is 270 g/mol. The Morgan fingerprint density at radius 2 is 2.33 bits per heavy atom. The maximum absolute atomic E-state index is 12.0. The van der Waals surface area contributed by atoms with Crippen LogP contribution in [0.15, 0.2) is 11.4 Å². The molecule has 0 fully saturated rings. The summed E-state index contributed by atoms with van der Waals surface area (Å²) in [6, 6.07) is 0. The van der Waals surface area contributed by atoms with E-state index in [-0.39, 0.29) is 17.7 Å². The number of amidine groups is 1. The summed E-state index contributed by atoms with van der Waals surface area (Å²) >= 11 is 1.53. The molecule has 18 heavy (non-hydrogen) atoms. The number of aromatic nitrogens is 1. The lowest BCUT2D eigenvalue weighted by atomic mass is 9.94. The Labute approximate surface area is 110 Å². The van der Waals surface area contributed by atoms with E-state index in [4.69, 9.17) is 10.9 Å². The molecule has 0 spiro atoms. The molecule has 1 rings (SSSR count). The third kappa shape index (κ3) is 3.69. The molecule has 0 radical (unpaired) electrons. The van der Waals surface area contributed by atoms with E-state index in [0.717, 1.165) is 9.88 Å². The number of hydrogen-bond acceptors (Lipinski definition) is 5. The maximum atomic E-state index is 12.0. The van der Waals surface area contributed by atoms with E-state index in [1.807, 2.05) is 20.8 Å².